The van der Waals surface area contributed by atoms with Gasteiger partial charge in [0.2, 0.25) is 0 Å². The van der Waals surface area contributed by atoms with E-state index in [9.17, 15) is 4.79 Å². The van der Waals surface area contributed by atoms with Gasteiger partial charge in [-0.05, 0) is 42.5 Å². The summed E-state index contributed by atoms with van der Waals surface area (Å²) in [7, 11) is 0. The SMILES string of the molecule is CCCCN(Cc1cccn1Cc1cccc(C)c1)C(=O)c1cccs1. The van der Waals surface area contributed by atoms with Crippen molar-refractivity contribution in [2.45, 2.75) is 39.8 Å². The lowest BCUT2D eigenvalue weighted by Crippen LogP contribution is -2.31. The quantitative estimate of drug-likeness (QED) is 0.527. The van der Waals surface area contributed by atoms with Crippen LogP contribution in [-0.4, -0.2) is 21.9 Å². The first kappa shape index (κ1) is 18.5. The Morgan fingerprint density at radius 3 is 2.77 bits per heavy atom. The fraction of sp³-hybridized carbons (Fsp3) is 0.318. The number of aromatic nitrogens is 1. The number of aryl methyl sites for hydroxylation is 1. The van der Waals surface area contributed by atoms with E-state index in [1.54, 1.807) is 0 Å². The molecule has 0 saturated carbocycles. The summed E-state index contributed by atoms with van der Waals surface area (Å²) in [4.78, 5) is 15.7. The molecule has 0 aliphatic heterocycles. The van der Waals surface area contributed by atoms with Crippen LogP contribution in [0, 0.1) is 6.92 Å². The Morgan fingerprint density at radius 1 is 1.15 bits per heavy atom. The maximum atomic E-state index is 12.9. The summed E-state index contributed by atoms with van der Waals surface area (Å²) < 4.78 is 2.25. The molecule has 2 aromatic heterocycles. The van der Waals surface area contributed by atoms with Gasteiger partial charge in [0.25, 0.3) is 5.91 Å². The molecule has 3 aromatic rings. The topological polar surface area (TPSA) is 25.2 Å². The van der Waals surface area contributed by atoms with Gasteiger partial charge in [-0.15, -0.1) is 11.3 Å². The normalized spacial score (nSPS) is 10.8. The van der Waals surface area contributed by atoms with Gasteiger partial charge < -0.3 is 9.47 Å². The summed E-state index contributed by atoms with van der Waals surface area (Å²) in [6.07, 6.45) is 4.21. The number of nitrogens with zero attached hydrogens (tertiary/aromatic N) is 2. The minimum absolute atomic E-state index is 0.136. The van der Waals surface area contributed by atoms with Crippen molar-refractivity contribution in [3.63, 3.8) is 0 Å². The van der Waals surface area contributed by atoms with Gasteiger partial charge in [-0.3, -0.25) is 4.79 Å². The van der Waals surface area contributed by atoms with E-state index in [1.807, 2.05) is 22.4 Å². The minimum Gasteiger partial charge on any atom is -0.345 e. The molecule has 3 rings (SSSR count). The van der Waals surface area contributed by atoms with Gasteiger partial charge in [0.05, 0.1) is 11.4 Å². The van der Waals surface area contributed by atoms with Crippen LogP contribution in [0.5, 0.6) is 0 Å². The molecule has 136 valence electrons. The number of benzene rings is 1. The molecule has 26 heavy (non-hydrogen) atoms. The van der Waals surface area contributed by atoms with E-state index in [1.165, 1.54) is 28.2 Å². The van der Waals surface area contributed by atoms with Crippen molar-refractivity contribution in [2.24, 2.45) is 0 Å². The van der Waals surface area contributed by atoms with Gasteiger partial charge in [0.1, 0.15) is 0 Å². The summed E-state index contributed by atoms with van der Waals surface area (Å²) in [6.45, 7) is 6.55. The van der Waals surface area contributed by atoms with E-state index in [0.29, 0.717) is 6.54 Å². The molecular weight excluding hydrogens is 340 g/mol. The average Bonchev–Trinajstić information content (AvgIpc) is 3.30. The Hall–Kier alpha value is -2.33. The smallest absolute Gasteiger partial charge is 0.264 e. The van der Waals surface area contributed by atoms with E-state index < -0.39 is 0 Å². The number of carbonyl (C=O) groups is 1. The highest BCUT2D eigenvalue weighted by Gasteiger charge is 2.18. The van der Waals surface area contributed by atoms with E-state index >= 15 is 0 Å². The number of thiophene rings is 1. The maximum Gasteiger partial charge on any atom is 0.264 e. The van der Waals surface area contributed by atoms with Crippen LogP contribution in [0.3, 0.4) is 0 Å². The second-order valence-electron chi connectivity index (χ2n) is 6.67. The molecule has 2 heterocycles. The molecule has 4 heteroatoms. The van der Waals surface area contributed by atoms with E-state index in [0.717, 1.165) is 30.8 Å². The number of carbonyl (C=O) groups excluding carboxylic acids is 1. The molecule has 0 spiro atoms. The highest BCUT2D eigenvalue weighted by atomic mass is 32.1. The van der Waals surface area contributed by atoms with Crippen LogP contribution in [0.25, 0.3) is 0 Å². The van der Waals surface area contributed by atoms with Crippen molar-refractivity contribution in [3.05, 3.63) is 81.8 Å². The zero-order chi connectivity index (χ0) is 18.4. The molecular formula is C22H26N2OS. The van der Waals surface area contributed by atoms with Crippen molar-refractivity contribution < 1.29 is 4.79 Å². The van der Waals surface area contributed by atoms with E-state index in [-0.39, 0.29) is 5.91 Å². The lowest BCUT2D eigenvalue weighted by atomic mass is 10.1. The third kappa shape index (κ3) is 4.64. The summed E-state index contributed by atoms with van der Waals surface area (Å²) in [5.74, 6) is 0.136. The average molecular weight is 367 g/mol. The molecule has 1 aromatic carbocycles. The van der Waals surface area contributed by atoms with Gasteiger partial charge >= 0.3 is 0 Å². The van der Waals surface area contributed by atoms with Crippen LogP contribution >= 0.6 is 11.3 Å². The first-order valence-corrected chi connectivity index (χ1v) is 10.1. The lowest BCUT2D eigenvalue weighted by Gasteiger charge is -2.23. The van der Waals surface area contributed by atoms with Crippen LogP contribution in [0.15, 0.2) is 60.1 Å². The first-order chi connectivity index (χ1) is 12.7. The molecule has 0 N–H and O–H groups in total. The van der Waals surface area contributed by atoms with Crippen LogP contribution in [0.1, 0.15) is 46.3 Å². The number of amides is 1. The molecule has 0 bridgehead atoms. The van der Waals surface area contributed by atoms with Crippen molar-refractivity contribution in [2.75, 3.05) is 6.54 Å². The first-order valence-electron chi connectivity index (χ1n) is 9.19. The van der Waals surface area contributed by atoms with Gasteiger partial charge in [0.15, 0.2) is 0 Å². The Labute approximate surface area is 159 Å². The van der Waals surface area contributed by atoms with Gasteiger partial charge in [-0.2, -0.15) is 0 Å². The summed E-state index contributed by atoms with van der Waals surface area (Å²) in [5.41, 5.74) is 3.73. The Morgan fingerprint density at radius 2 is 2.04 bits per heavy atom. The number of hydrogen-bond acceptors (Lipinski definition) is 2. The predicted octanol–water partition coefficient (Wildman–Crippen LogP) is 5.35. The fourth-order valence-corrected chi connectivity index (χ4v) is 3.80. The molecule has 0 fully saturated rings. The standard InChI is InChI=1S/C22H26N2OS/c1-3-4-12-24(22(25)21-11-7-14-26-21)17-20-10-6-13-23(20)16-19-9-5-8-18(2)15-19/h5-11,13-15H,3-4,12,16-17H2,1-2H3. The largest absolute Gasteiger partial charge is 0.345 e. The molecule has 0 radical (unpaired) electrons. The fourth-order valence-electron chi connectivity index (χ4n) is 3.11. The second kappa shape index (κ2) is 8.86. The maximum absolute atomic E-state index is 12.9. The van der Waals surface area contributed by atoms with Gasteiger partial charge in [0, 0.05) is 25.0 Å². The Balaban J connectivity index is 1.77. The van der Waals surface area contributed by atoms with E-state index in [4.69, 9.17) is 0 Å². The second-order valence-corrected chi connectivity index (χ2v) is 7.62. The number of rotatable bonds is 8. The third-order valence-corrected chi connectivity index (χ3v) is 5.37. The predicted molar refractivity (Wildman–Crippen MR) is 109 cm³/mol. The highest BCUT2D eigenvalue weighted by Crippen LogP contribution is 2.17. The summed E-state index contributed by atoms with van der Waals surface area (Å²) >= 11 is 1.52. The minimum atomic E-state index is 0.136. The van der Waals surface area contributed by atoms with Gasteiger partial charge in [-0.1, -0.05) is 49.2 Å². The third-order valence-electron chi connectivity index (χ3n) is 4.51. The zero-order valence-electron chi connectivity index (χ0n) is 15.5. The molecule has 0 saturated heterocycles. The Kier molecular flexibility index (Phi) is 6.29. The monoisotopic (exact) mass is 366 g/mol. The van der Waals surface area contributed by atoms with Crippen LogP contribution in [0.2, 0.25) is 0 Å². The van der Waals surface area contributed by atoms with Crippen molar-refractivity contribution in [1.29, 1.82) is 0 Å². The van der Waals surface area contributed by atoms with Crippen LogP contribution < -0.4 is 0 Å². The Bertz CT molecular complexity index is 835. The van der Waals surface area contributed by atoms with Crippen molar-refractivity contribution >= 4 is 17.2 Å². The molecule has 1 amide bonds. The summed E-state index contributed by atoms with van der Waals surface area (Å²) in [5, 5.41) is 1.96. The number of hydrogen-bond donors (Lipinski definition) is 0. The molecule has 0 atom stereocenters. The zero-order valence-corrected chi connectivity index (χ0v) is 16.3. The molecule has 0 unspecified atom stereocenters. The molecule has 0 aliphatic carbocycles. The van der Waals surface area contributed by atoms with E-state index in [2.05, 4.69) is 61.0 Å². The molecule has 0 aliphatic rings. The van der Waals surface area contributed by atoms with Crippen molar-refractivity contribution in [3.8, 4) is 0 Å². The van der Waals surface area contributed by atoms with Crippen molar-refractivity contribution in [1.82, 2.24) is 9.47 Å². The number of unbranched alkanes of at least 4 members (excludes halogenated alkanes) is 1. The van der Waals surface area contributed by atoms with Gasteiger partial charge in [-0.25, -0.2) is 0 Å². The van der Waals surface area contributed by atoms with Crippen LogP contribution in [0.4, 0.5) is 0 Å². The lowest BCUT2D eigenvalue weighted by molar-refractivity contribution is 0.0742. The van der Waals surface area contributed by atoms with Crippen LogP contribution in [-0.2, 0) is 13.1 Å². The highest BCUT2D eigenvalue weighted by molar-refractivity contribution is 7.12. The molecule has 3 nitrogen and oxygen atoms in total. The summed E-state index contributed by atoms with van der Waals surface area (Å²) in [6, 6.07) is 16.6.